The standard InChI is InChI=1S/C18H25N3O2/c1-13-10-14(2)12-15(11-13)18(4-5-18)16(22)20-6-3-7-21(9-8-20)17(19)23/h10-12H,3-9H2,1-2H3,(H2,19,23). The lowest BCUT2D eigenvalue weighted by atomic mass is 9.91. The van der Waals surface area contributed by atoms with Gasteiger partial charge in [0.2, 0.25) is 5.91 Å². The van der Waals surface area contributed by atoms with Crippen molar-refractivity contribution in [1.82, 2.24) is 9.80 Å². The number of nitrogens with two attached hydrogens (primary N) is 1. The molecule has 124 valence electrons. The van der Waals surface area contributed by atoms with Gasteiger partial charge in [-0.25, -0.2) is 4.79 Å². The minimum absolute atomic E-state index is 0.217. The first-order valence-electron chi connectivity index (χ1n) is 8.35. The highest BCUT2D eigenvalue weighted by Crippen LogP contribution is 2.50. The molecule has 1 heterocycles. The average Bonchev–Trinajstić information content (AvgIpc) is 3.30. The Balaban J connectivity index is 1.78. The maximum Gasteiger partial charge on any atom is 0.314 e. The molecule has 3 rings (SSSR count). The maximum absolute atomic E-state index is 13.1. The highest BCUT2D eigenvalue weighted by Gasteiger charge is 2.53. The van der Waals surface area contributed by atoms with E-state index in [-0.39, 0.29) is 11.3 Å². The first-order valence-corrected chi connectivity index (χ1v) is 8.35. The molecular weight excluding hydrogens is 290 g/mol. The van der Waals surface area contributed by atoms with Gasteiger partial charge in [0.25, 0.3) is 0 Å². The Hall–Kier alpha value is -2.04. The molecule has 2 fully saturated rings. The molecular formula is C18H25N3O2. The summed E-state index contributed by atoms with van der Waals surface area (Å²) in [4.78, 5) is 28.0. The van der Waals surface area contributed by atoms with E-state index in [2.05, 4.69) is 32.0 Å². The van der Waals surface area contributed by atoms with Crippen LogP contribution in [0.3, 0.4) is 0 Å². The molecule has 5 nitrogen and oxygen atoms in total. The van der Waals surface area contributed by atoms with Gasteiger partial charge in [0.05, 0.1) is 5.41 Å². The number of nitrogens with zero attached hydrogens (tertiary/aromatic N) is 2. The van der Waals surface area contributed by atoms with E-state index in [0.29, 0.717) is 26.2 Å². The van der Waals surface area contributed by atoms with Crippen molar-refractivity contribution in [2.24, 2.45) is 5.73 Å². The number of primary amides is 1. The number of benzene rings is 1. The van der Waals surface area contributed by atoms with E-state index >= 15 is 0 Å². The van der Waals surface area contributed by atoms with Crippen LogP contribution in [0.5, 0.6) is 0 Å². The highest BCUT2D eigenvalue weighted by molar-refractivity contribution is 5.91. The summed E-state index contributed by atoms with van der Waals surface area (Å²) in [5, 5.41) is 0. The molecule has 3 amide bonds. The van der Waals surface area contributed by atoms with Gasteiger partial charge in [-0.2, -0.15) is 0 Å². The fraction of sp³-hybridized carbons (Fsp3) is 0.556. The van der Waals surface area contributed by atoms with Crippen LogP contribution in [-0.2, 0) is 10.2 Å². The summed E-state index contributed by atoms with van der Waals surface area (Å²) in [5.74, 6) is 0.217. The first-order chi connectivity index (χ1) is 10.9. The van der Waals surface area contributed by atoms with E-state index < -0.39 is 6.03 Å². The monoisotopic (exact) mass is 315 g/mol. The van der Waals surface area contributed by atoms with Crippen molar-refractivity contribution >= 4 is 11.9 Å². The van der Waals surface area contributed by atoms with Crippen molar-refractivity contribution in [2.75, 3.05) is 26.2 Å². The molecule has 0 atom stereocenters. The van der Waals surface area contributed by atoms with Crippen molar-refractivity contribution in [3.8, 4) is 0 Å². The zero-order chi connectivity index (χ0) is 16.6. The summed E-state index contributed by atoms with van der Waals surface area (Å²) >= 11 is 0. The molecule has 0 unspecified atom stereocenters. The van der Waals surface area contributed by atoms with E-state index in [9.17, 15) is 9.59 Å². The molecule has 0 aromatic heterocycles. The maximum atomic E-state index is 13.1. The summed E-state index contributed by atoms with van der Waals surface area (Å²) in [6.07, 6.45) is 2.63. The zero-order valence-corrected chi connectivity index (χ0v) is 14.0. The van der Waals surface area contributed by atoms with Gasteiger partial charge in [-0.15, -0.1) is 0 Å². The lowest BCUT2D eigenvalue weighted by Gasteiger charge is -2.27. The van der Waals surface area contributed by atoms with Crippen molar-refractivity contribution in [1.29, 1.82) is 0 Å². The van der Waals surface area contributed by atoms with E-state index in [1.54, 1.807) is 4.90 Å². The summed E-state index contributed by atoms with van der Waals surface area (Å²) < 4.78 is 0. The Kier molecular flexibility index (Phi) is 4.04. The predicted molar refractivity (Wildman–Crippen MR) is 89.2 cm³/mol. The summed E-state index contributed by atoms with van der Waals surface area (Å²) in [6, 6.07) is 6.03. The van der Waals surface area contributed by atoms with Crippen LogP contribution in [-0.4, -0.2) is 47.9 Å². The number of urea groups is 1. The quantitative estimate of drug-likeness (QED) is 0.906. The second-order valence-electron chi connectivity index (χ2n) is 6.93. The van der Waals surface area contributed by atoms with Gasteiger partial charge >= 0.3 is 6.03 Å². The lowest BCUT2D eigenvalue weighted by Crippen LogP contribution is -2.43. The van der Waals surface area contributed by atoms with E-state index in [1.807, 2.05) is 4.90 Å². The smallest absolute Gasteiger partial charge is 0.314 e. The second-order valence-corrected chi connectivity index (χ2v) is 6.93. The molecule has 2 N–H and O–H groups in total. The van der Waals surface area contributed by atoms with Crippen molar-refractivity contribution < 1.29 is 9.59 Å². The third-order valence-corrected chi connectivity index (χ3v) is 5.03. The molecule has 1 aliphatic heterocycles. The molecule has 2 aliphatic rings. The SMILES string of the molecule is Cc1cc(C)cc(C2(C(=O)N3CCCN(C(N)=O)CC3)CC2)c1. The average molecular weight is 315 g/mol. The number of carbonyl (C=O) groups excluding carboxylic acids is 2. The largest absolute Gasteiger partial charge is 0.351 e. The summed E-state index contributed by atoms with van der Waals surface area (Å²) in [5.41, 5.74) is 8.59. The Labute approximate surface area is 137 Å². The number of rotatable bonds is 2. The van der Waals surface area contributed by atoms with E-state index in [4.69, 9.17) is 5.73 Å². The van der Waals surface area contributed by atoms with Crippen molar-refractivity contribution in [2.45, 2.75) is 38.5 Å². The highest BCUT2D eigenvalue weighted by atomic mass is 16.2. The van der Waals surface area contributed by atoms with Crippen LogP contribution in [0.1, 0.15) is 36.0 Å². The molecule has 5 heteroatoms. The second kappa shape index (κ2) is 5.87. The summed E-state index contributed by atoms with van der Waals surface area (Å²) in [6.45, 7) is 6.60. The van der Waals surface area contributed by atoms with Crippen LogP contribution in [0.2, 0.25) is 0 Å². The topological polar surface area (TPSA) is 66.6 Å². The fourth-order valence-electron chi connectivity index (χ4n) is 3.65. The molecule has 1 aliphatic carbocycles. The molecule has 1 saturated carbocycles. The van der Waals surface area contributed by atoms with Gasteiger partial charge in [0.15, 0.2) is 0 Å². The van der Waals surface area contributed by atoms with Gasteiger partial charge in [-0.3, -0.25) is 4.79 Å². The van der Waals surface area contributed by atoms with Gasteiger partial charge in [-0.1, -0.05) is 29.3 Å². The molecule has 0 radical (unpaired) electrons. The predicted octanol–water partition coefficient (Wildman–Crippen LogP) is 1.95. The summed E-state index contributed by atoms with van der Waals surface area (Å²) in [7, 11) is 0. The first kappa shape index (κ1) is 15.8. The third-order valence-electron chi connectivity index (χ3n) is 5.03. The zero-order valence-electron chi connectivity index (χ0n) is 14.0. The van der Waals surface area contributed by atoms with Gasteiger partial charge in [0.1, 0.15) is 0 Å². The molecule has 1 aromatic carbocycles. The molecule has 0 bridgehead atoms. The van der Waals surface area contributed by atoms with Crippen LogP contribution >= 0.6 is 0 Å². The Morgan fingerprint density at radius 3 is 2.09 bits per heavy atom. The Morgan fingerprint density at radius 2 is 1.52 bits per heavy atom. The Bertz CT molecular complexity index is 617. The molecule has 0 spiro atoms. The number of hydrogen-bond acceptors (Lipinski definition) is 2. The van der Waals surface area contributed by atoms with Crippen molar-refractivity contribution in [3.05, 3.63) is 34.9 Å². The lowest BCUT2D eigenvalue weighted by molar-refractivity contribution is -0.133. The van der Waals surface area contributed by atoms with Gasteiger partial charge in [-0.05, 0) is 38.7 Å². The minimum atomic E-state index is -0.394. The van der Waals surface area contributed by atoms with Crippen LogP contribution in [0.4, 0.5) is 4.79 Å². The van der Waals surface area contributed by atoms with Crippen LogP contribution in [0, 0.1) is 13.8 Å². The van der Waals surface area contributed by atoms with Gasteiger partial charge < -0.3 is 15.5 Å². The number of hydrogen-bond donors (Lipinski definition) is 1. The molecule has 1 aromatic rings. The normalized spacial score (nSPS) is 20.1. The van der Waals surface area contributed by atoms with Crippen molar-refractivity contribution in [3.63, 3.8) is 0 Å². The van der Waals surface area contributed by atoms with E-state index in [0.717, 1.165) is 24.8 Å². The fourth-order valence-corrected chi connectivity index (χ4v) is 3.65. The van der Waals surface area contributed by atoms with Gasteiger partial charge in [0, 0.05) is 26.2 Å². The van der Waals surface area contributed by atoms with Crippen LogP contribution in [0.25, 0.3) is 0 Å². The van der Waals surface area contributed by atoms with Crippen LogP contribution in [0.15, 0.2) is 18.2 Å². The molecule has 1 saturated heterocycles. The number of aryl methyl sites for hydroxylation is 2. The third kappa shape index (κ3) is 3.05. The van der Waals surface area contributed by atoms with Crippen LogP contribution < -0.4 is 5.73 Å². The van der Waals surface area contributed by atoms with E-state index in [1.165, 1.54) is 11.1 Å². The molecule has 23 heavy (non-hydrogen) atoms. The number of amides is 3. The number of carbonyl (C=O) groups is 2. The minimum Gasteiger partial charge on any atom is -0.351 e. The Morgan fingerprint density at radius 1 is 0.957 bits per heavy atom.